The van der Waals surface area contributed by atoms with Gasteiger partial charge in [-0.2, -0.15) is 0 Å². The maximum Gasteiger partial charge on any atom is 0.0970 e. The summed E-state index contributed by atoms with van der Waals surface area (Å²) in [6.07, 6.45) is 5.45. The van der Waals surface area contributed by atoms with Gasteiger partial charge >= 0.3 is 0 Å². The number of rotatable bonds is 5. The van der Waals surface area contributed by atoms with E-state index < -0.39 is 6.10 Å². The van der Waals surface area contributed by atoms with Crippen LogP contribution >= 0.6 is 0 Å². The lowest BCUT2D eigenvalue weighted by molar-refractivity contribution is -0.0352. The van der Waals surface area contributed by atoms with Gasteiger partial charge in [0.1, 0.15) is 0 Å². The fraction of sp³-hybridized carbons (Fsp3) is 0.667. The molecule has 2 heteroatoms. The minimum absolute atomic E-state index is 0.146. The van der Waals surface area contributed by atoms with E-state index in [1.807, 2.05) is 0 Å². The van der Waals surface area contributed by atoms with Gasteiger partial charge in [-0.05, 0) is 56.8 Å². The smallest absolute Gasteiger partial charge is 0.0970 e. The van der Waals surface area contributed by atoms with Crippen LogP contribution in [0.15, 0.2) is 24.3 Å². The van der Waals surface area contributed by atoms with Gasteiger partial charge in [-0.25, -0.2) is 0 Å². The van der Waals surface area contributed by atoms with Crippen LogP contribution in [0.25, 0.3) is 0 Å². The first-order valence-electron chi connectivity index (χ1n) is 8.13. The van der Waals surface area contributed by atoms with Gasteiger partial charge in [0.25, 0.3) is 0 Å². The Hall–Kier alpha value is -0.860. The normalized spacial score (nSPS) is 21.4. The molecule has 0 aromatic heterocycles. The van der Waals surface area contributed by atoms with Crippen molar-refractivity contribution in [3.63, 3.8) is 0 Å². The van der Waals surface area contributed by atoms with Crippen LogP contribution in [0.5, 0.6) is 0 Å². The van der Waals surface area contributed by atoms with Crippen LogP contribution in [-0.2, 0) is 6.42 Å². The van der Waals surface area contributed by atoms with Gasteiger partial charge in [0.15, 0.2) is 0 Å². The number of likely N-dealkylation sites (tertiary alicyclic amines) is 1. The number of hydrogen-bond acceptors (Lipinski definition) is 2. The molecule has 0 bridgehead atoms. The minimum atomic E-state index is -0.405. The molecule has 112 valence electrons. The van der Waals surface area contributed by atoms with Gasteiger partial charge in [-0.15, -0.1) is 0 Å². The molecule has 0 amide bonds. The second-order valence-electron chi connectivity index (χ2n) is 6.26. The van der Waals surface area contributed by atoms with Crippen molar-refractivity contribution in [3.8, 4) is 0 Å². The Morgan fingerprint density at radius 1 is 1.20 bits per heavy atom. The number of aryl methyl sites for hydroxylation is 1. The SMILES string of the molecule is CCc1cccc(C(O)C(C)(CC)N2CCCCC2)c1. The van der Waals surface area contributed by atoms with Crippen LogP contribution in [-0.4, -0.2) is 28.6 Å². The Kier molecular flexibility index (Phi) is 5.22. The summed E-state index contributed by atoms with van der Waals surface area (Å²) in [6.45, 7) is 8.82. The molecule has 1 saturated heterocycles. The number of piperidine rings is 1. The molecule has 0 radical (unpaired) electrons. The molecule has 0 aliphatic carbocycles. The highest BCUT2D eigenvalue weighted by Crippen LogP contribution is 2.36. The van der Waals surface area contributed by atoms with Crippen molar-refractivity contribution in [1.29, 1.82) is 0 Å². The Morgan fingerprint density at radius 3 is 2.50 bits per heavy atom. The minimum Gasteiger partial charge on any atom is -0.386 e. The van der Waals surface area contributed by atoms with Crippen LogP contribution < -0.4 is 0 Å². The van der Waals surface area contributed by atoms with E-state index in [1.165, 1.54) is 24.8 Å². The fourth-order valence-electron chi connectivity index (χ4n) is 3.34. The van der Waals surface area contributed by atoms with Crippen LogP contribution in [0, 0.1) is 0 Å². The van der Waals surface area contributed by atoms with E-state index >= 15 is 0 Å². The van der Waals surface area contributed by atoms with Crippen LogP contribution in [0.4, 0.5) is 0 Å². The largest absolute Gasteiger partial charge is 0.386 e. The summed E-state index contributed by atoms with van der Waals surface area (Å²) < 4.78 is 0. The molecule has 2 nitrogen and oxygen atoms in total. The molecule has 2 atom stereocenters. The zero-order valence-corrected chi connectivity index (χ0v) is 13.2. The third kappa shape index (κ3) is 3.07. The molecule has 1 fully saturated rings. The van der Waals surface area contributed by atoms with Gasteiger partial charge in [0, 0.05) is 5.54 Å². The molecular formula is C18H29NO. The Balaban J connectivity index is 2.24. The van der Waals surface area contributed by atoms with E-state index in [0.29, 0.717) is 0 Å². The van der Waals surface area contributed by atoms with Crippen molar-refractivity contribution in [2.45, 2.75) is 64.5 Å². The van der Waals surface area contributed by atoms with E-state index in [2.05, 4.69) is 49.9 Å². The van der Waals surface area contributed by atoms with Gasteiger partial charge in [0.05, 0.1) is 6.10 Å². The van der Waals surface area contributed by atoms with Crippen molar-refractivity contribution in [2.75, 3.05) is 13.1 Å². The Morgan fingerprint density at radius 2 is 1.90 bits per heavy atom. The monoisotopic (exact) mass is 275 g/mol. The topological polar surface area (TPSA) is 23.5 Å². The summed E-state index contributed by atoms with van der Waals surface area (Å²) >= 11 is 0. The van der Waals surface area contributed by atoms with E-state index in [4.69, 9.17) is 0 Å². The molecule has 2 unspecified atom stereocenters. The highest BCUT2D eigenvalue weighted by Gasteiger charge is 2.38. The highest BCUT2D eigenvalue weighted by atomic mass is 16.3. The van der Waals surface area contributed by atoms with Gasteiger partial charge < -0.3 is 5.11 Å². The summed E-state index contributed by atoms with van der Waals surface area (Å²) in [5.41, 5.74) is 2.23. The molecule has 0 saturated carbocycles. The molecule has 1 aliphatic rings. The first-order valence-corrected chi connectivity index (χ1v) is 8.13. The Labute approximate surface area is 123 Å². The molecule has 1 aromatic rings. The molecule has 1 aromatic carbocycles. The Bertz CT molecular complexity index is 425. The fourth-order valence-corrected chi connectivity index (χ4v) is 3.34. The maximum absolute atomic E-state index is 11.0. The zero-order valence-electron chi connectivity index (χ0n) is 13.2. The first kappa shape index (κ1) is 15.5. The molecule has 1 N–H and O–H groups in total. The standard InChI is InChI=1S/C18H29NO/c1-4-15-10-9-11-16(14-15)17(20)18(3,5-2)19-12-7-6-8-13-19/h9-11,14,17,20H,4-8,12-13H2,1-3H3. The summed E-state index contributed by atoms with van der Waals surface area (Å²) in [4.78, 5) is 2.50. The number of hydrogen-bond donors (Lipinski definition) is 1. The number of benzene rings is 1. The predicted octanol–water partition coefficient (Wildman–Crippen LogP) is 3.94. The van der Waals surface area contributed by atoms with Crippen LogP contribution in [0.2, 0.25) is 0 Å². The first-order chi connectivity index (χ1) is 9.61. The average Bonchev–Trinajstić information content (AvgIpc) is 2.54. The van der Waals surface area contributed by atoms with Crippen molar-refractivity contribution in [3.05, 3.63) is 35.4 Å². The van der Waals surface area contributed by atoms with Crippen molar-refractivity contribution >= 4 is 0 Å². The third-order valence-electron chi connectivity index (χ3n) is 5.06. The predicted molar refractivity (Wildman–Crippen MR) is 84.9 cm³/mol. The highest BCUT2D eigenvalue weighted by molar-refractivity contribution is 5.27. The summed E-state index contributed by atoms with van der Waals surface area (Å²) in [5.74, 6) is 0. The molecule has 20 heavy (non-hydrogen) atoms. The molecule has 2 rings (SSSR count). The third-order valence-corrected chi connectivity index (χ3v) is 5.06. The average molecular weight is 275 g/mol. The lowest BCUT2D eigenvalue weighted by Crippen LogP contribution is -2.52. The number of aliphatic hydroxyl groups excluding tert-OH is 1. The van der Waals surface area contributed by atoms with Crippen molar-refractivity contribution in [1.82, 2.24) is 4.90 Å². The van der Waals surface area contributed by atoms with E-state index in [-0.39, 0.29) is 5.54 Å². The van der Waals surface area contributed by atoms with Crippen molar-refractivity contribution in [2.24, 2.45) is 0 Å². The van der Waals surface area contributed by atoms with E-state index in [0.717, 1.165) is 31.5 Å². The maximum atomic E-state index is 11.0. The van der Waals surface area contributed by atoms with Crippen LogP contribution in [0.1, 0.15) is 63.7 Å². The zero-order chi connectivity index (χ0) is 14.6. The lowest BCUT2D eigenvalue weighted by Gasteiger charge is -2.46. The lowest BCUT2D eigenvalue weighted by atomic mass is 9.83. The van der Waals surface area contributed by atoms with Crippen LogP contribution in [0.3, 0.4) is 0 Å². The molecule has 1 aliphatic heterocycles. The van der Waals surface area contributed by atoms with Gasteiger partial charge in [0.2, 0.25) is 0 Å². The van der Waals surface area contributed by atoms with E-state index in [1.54, 1.807) is 0 Å². The van der Waals surface area contributed by atoms with Crippen molar-refractivity contribution < 1.29 is 5.11 Å². The molecular weight excluding hydrogens is 246 g/mol. The quantitative estimate of drug-likeness (QED) is 0.880. The summed E-state index contributed by atoms with van der Waals surface area (Å²) in [5, 5.41) is 11.0. The summed E-state index contributed by atoms with van der Waals surface area (Å²) in [6, 6.07) is 8.45. The number of nitrogens with zero attached hydrogens (tertiary/aromatic N) is 1. The second kappa shape index (κ2) is 6.73. The molecule has 1 heterocycles. The van der Waals surface area contributed by atoms with E-state index in [9.17, 15) is 5.11 Å². The number of aliphatic hydroxyl groups is 1. The second-order valence-corrected chi connectivity index (χ2v) is 6.26. The molecule has 0 spiro atoms. The van der Waals surface area contributed by atoms with Gasteiger partial charge in [-0.3, -0.25) is 4.90 Å². The summed E-state index contributed by atoms with van der Waals surface area (Å²) in [7, 11) is 0. The van der Waals surface area contributed by atoms with Gasteiger partial charge in [-0.1, -0.05) is 44.5 Å².